The van der Waals surface area contributed by atoms with Gasteiger partial charge in [-0.15, -0.1) is 0 Å². The van der Waals surface area contributed by atoms with E-state index < -0.39 is 0 Å². The minimum atomic E-state index is -0.309. The summed E-state index contributed by atoms with van der Waals surface area (Å²) in [6, 6.07) is 6.28. The number of pyridine rings is 1. The van der Waals surface area contributed by atoms with Crippen molar-refractivity contribution < 1.29 is 9.18 Å². The first-order chi connectivity index (χ1) is 9.65. The van der Waals surface area contributed by atoms with Gasteiger partial charge in [-0.1, -0.05) is 0 Å². The van der Waals surface area contributed by atoms with Crippen LogP contribution in [0.25, 0.3) is 10.9 Å². The Bertz CT molecular complexity index is 668. The van der Waals surface area contributed by atoms with E-state index in [4.69, 9.17) is 0 Å². The third-order valence-corrected chi connectivity index (χ3v) is 4.44. The molecule has 20 heavy (non-hydrogen) atoms. The molecule has 3 nitrogen and oxygen atoms in total. The number of thioether (sulfide) groups is 1. The second kappa shape index (κ2) is 5.40. The molecule has 0 atom stereocenters. The summed E-state index contributed by atoms with van der Waals surface area (Å²) in [4.78, 5) is 18.8. The first-order valence-electron chi connectivity index (χ1n) is 6.59. The molecule has 0 N–H and O–H groups in total. The number of rotatable bonds is 1. The van der Waals surface area contributed by atoms with Crippen LogP contribution in [0.5, 0.6) is 0 Å². The number of hydrogen-bond acceptors (Lipinski definition) is 3. The van der Waals surface area contributed by atoms with Crippen molar-refractivity contribution in [1.29, 1.82) is 0 Å². The minimum Gasteiger partial charge on any atom is -0.337 e. The Morgan fingerprint density at radius 1 is 1.30 bits per heavy atom. The van der Waals surface area contributed by atoms with E-state index in [1.54, 1.807) is 13.0 Å². The van der Waals surface area contributed by atoms with Crippen LogP contribution in [0, 0.1) is 12.7 Å². The molecular formula is C15H15FN2OS. The summed E-state index contributed by atoms with van der Waals surface area (Å²) in [5.41, 5.74) is 1.87. The second-order valence-corrected chi connectivity index (χ2v) is 6.09. The fourth-order valence-corrected chi connectivity index (χ4v) is 3.29. The quantitative estimate of drug-likeness (QED) is 0.809. The van der Waals surface area contributed by atoms with Crippen LogP contribution in [-0.2, 0) is 0 Å². The fraction of sp³-hybridized carbons (Fsp3) is 0.333. The van der Waals surface area contributed by atoms with Crippen LogP contribution in [0.2, 0.25) is 0 Å². The highest BCUT2D eigenvalue weighted by molar-refractivity contribution is 7.99. The van der Waals surface area contributed by atoms with Gasteiger partial charge in [0.05, 0.1) is 16.8 Å². The van der Waals surface area contributed by atoms with Crippen molar-refractivity contribution in [2.75, 3.05) is 24.6 Å². The lowest BCUT2D eigenvalue weighted by molar-refractivity contribution is 0.0771. The molecule has 3 rings (SSSR count). The standard InChI is InChI=1S/C15H15FN2OS/c1-10-13(15(19)18-4-6-20-7-5-18)8-11-2-3-12(16)9-14(11)17-10/h2-3,8-9H,4-7H2,1H3. The molecule has 1 aromatic heterocycles. The molecule has 0 saturated carbocycles. The zero-order valence-electron chi connectivity index (χ0n) is 11.2. The van der Waals surface area contributed by atoms with Gasteiger partial charge in [0.25, 0.3) is 5.91 Å². The van der Waals surface area contributed by atoms with Gasteiger partial charge in [-0.2, -0.15) is 11.8 Å². The van der Waals surface area contributed by atoms with Crippen molar-refractivity contribution in [3.8, 4) is 0 Å². The summed E-state index contributed by atoms with van der Waals surface area (Å²) >= 11 is 1.87. The van der Waals surface area contributed by atoms with Crippen LogP contribution in [0.1, 0.15) is 16.1 Å². The Labute approximate surface area is 121 Å². The van der Waals surface area contributed by atoms with Gasteiger partial charge in [0.1, 0.15) is 5.82 Å². The number of halogens is 1. The normalized spacial score (nSPS) is 15.6. The molecule has 2 aromatic rings. The molecule has 1 amide bonds. The summed E-state index contributed by atoms with van der Waals surface area (Å²) < 4.78 is 13.2. The monoisotopic (exact) mass is 290 g/mol. The topological polar surface area (TPSA) is 33.2 Å². The van der Waals surface area contributed by atoms with Crippen LogP contribution in [0.15, 0.2) is 24.3 Å². The third-order valence-electron chi connectivity index (χ3n) is 3.50. The predicted octanol–water partition coefficient (Wildman–Crippen LogP) is 2.87. The molecule has 0 aliphatic carbocycles. The highest BCUT2D eigenvalue weighted by Gasteiger charge is 2.20. The van der Waals surface area contributed by atoms with Gasteiger partial charge in [-0.25, -0.2) is 4.39 Å². The third kappa shape index (κ3) is 2.50. The zero-order chi connectivity index (χ0) is 14.1. The number of aryl methyl sites for hydroxylation is 1. The molecule has 2 heterocycles. The van der Waals surface area contributed by atoms with Crippen molar-refractivity contribution >= 4 is 28.6 Å². The Balaban J connectivity index is 2.00. The molecule has 5 heteroatoms. The van der Waals surface area contributed by atoms with Crippen molar-refractivity contribution in [3.63, 3.8) is 0 Å². The molecule has 1 aliphatic rings. The number of fused-ring (bicyclic) bond motifs is 1. The molecule has 1 fully saturated rings. The lowest BCUT2D eigenvalue weighted by Gasteiger charge is -2.27. The summed E-state index contributed by atoms with van der Waals surface area (Å²) in [7, 11) is 0. The SMILES string of the molecule is Cc1nc2cc(F)ccc2cc1C(=O)N1CCSCC1. The Morgan fingerprint density at radius 3 is 2.80 bits per heavy atom. The first-order valence-corrected chi connectivity index (χ1v) is 7.74. The summed E-state index contributed by atoms with van der Waals surface area (Å²) in [5, 5.41) is 0.798. The lowest BCUT2D eigenvalue weighted by atomic mass is 10.1. The molecule has 104 valence electrons. The molecule has 0 bridgehead atoms. The van der Waals surface area contributed by atoms with Crippen LogP contribution >= 0.6 is 11.8 Å². The van der Waals surface area contributed by atoms with E-state index in [0.717, 1.165) is 30.0 Å². The molecular weight excluding hydrogens is 275 g/mol. The largest absolute Gasteiger partial charge is 0.337 e. The van der Waals surface area contributed by atoms with E-state index in [2.05, 4.69) is 4.98 Å². The van der Waals surface area contributed by atoms with Gasteiger partial charge >= 0.3 is 0 Å². The smallest absolute Gasteiger partial charge is 0.255 e. The number of benzene rings is 1. The van der Waals surface area contributed by atoms with Gasteiger partial charge in [-0.05, 0) is 25.1 Å². The number of hydrogen-bond donors (Lipinski definition) is 0. The van der Waals surface area contributed by atoms with Crippen molar-refractivity contribution in [2.24, 2.45) is 0 Å². The predicted molar refractivity (Wildman–Crippen MR) is 79.7 cm³/mol. The molecule has 1 saturated heterocycles. The molecule has 1 aliphatic heterocycles. The molecule has 1 aromatic carbocycles. The number of aromatic nitrogens is 1. The number of carbonyl (C=O) groups is 1. The fourth-order valence-electron chi connectivity index (χ4n) is 2.39. The minimum absolute atomic E-state index is 0.0292. The van der Waals surface area contributed by atoms with E-state index in [9.17, 15) is 9.18 Å². The number of carbonyl (C=O) groups excluding carboxylic acids is 1. The summed E-state index contributed by atoms with van der Waals surface area (Å²) in [6.45, 7) is 3.37. The van der Waals surface area contributed by atoms with Crippen LogP contribution in [0.3, 0.4) is 0 Å². The Morgan fingerprint density at radius 2 is 2.05 bits per heavy atom. The van der Waals surface area contributed by atoms with Crippen molar-refractivity contribution in [1.82, 2.24) is 9.88 Å². The van der Waals surface area contributed by atoms with Crippen molar-refractivity contribution in [2.45, 2.75) is 6.92 Å². The summed E-state index contributed by atoms with van der Waals surface area (Å²) in [5.74, 6) is 1.69. The highest BCUT2D eigenvalue weighted by Crippen LogP contribution is 2.20. The molecule has 0 radical (unpaired) electrons. The van der Waals surface area contributed by atoms with Crippen LogP contribution in [-0.4, -0.2) is 40.4 Å². The number of nitrogens with zero attached hydrogens (tertiary/aromatic N) is 2. The van der Waals surface area contributed by atoms with Crippen LogP contribution < -0.4 is 0 Å². The molecule has 0 spiro atoms. The summed E-state index contributed by atoms with van der Waals surface area (Å²) in [6.07, 6.45) is 0. The zero-order valence-corrected chi connectivity index (χ0v) is 12.0. The van der Waals surface area contributed by atoms with Gasteiger partial charge in [0, 0.05) is 36.0 Å². The maximum atomic E-state index is 13.2. The van der Waals surface area contributed by atoms with E-state index in [1.165, 1.54) is 12.1 Å². The van der Waals surface area contributed by atoms with Gasteiger partial charge < -0.3 is 4.90 Å². The van der Waals surface area contributed by atoms with Gasteiger partial charge in [0.15, 0.2) is 0 Å². The van der Waals surface area contributed by atoms with Crippen LogP contribution in [0.4, 0.5) is 4.39 Å². The Kier molecular flexibility index (Phi) is 3.61. The average molecular weight is 290 g/mol. The highest BCUT2D eigenvalue weighted by atomic mass is 32.2. The van der Waals surface area contributed by atoms with E-state index in [1.807, 2.05) is 22.7 Å². The first kappa shape index (κ1) is 13.4. The second-order valence-electron chi connectivity index (χ2n) is 4.86. The van der Waals surface area contributed by atoms with Gasteiger partial charge in [0.2, 0.25) is 0 Å². The van der Waals surface area contributed by atoms with Gasteiger partial charge in [-0.3, -0.25) is 9.78 Å². The van der Waals surface area contributed by atoms with E-state index >= 15 is 0 Å². The van der Waals surface area contributed by atoms with Crippen molar-refractivity contribution in [3.05, 3.63) is 41.3 Å². The maximum absolute atomic E-state index is 13.2. The lowest BCUT2D eigenvalue weighted by Crippen LogP contribution is -2.38. The maximum Gasteiger partial charge on any atom is 0.255 e. The molecule has 0 unspecified atom stereocenters. The Hall–Kier alpha value is -1.62. The van der Waals surface area contributed by atoms with E-state index in [-0.39, 0.29) is 11.7 Å². The average Bonchev–Trinajstić information content (AvgIpc) is 2.46. The van der Waals surface area contributed by atoms with E-state index in [0.29, 0.717) is 16.8 Å². The number of amides is 1.